The lowest BCUT2D eigenvalue weighted by Crippen LogP contribution is -2.52. The number of aliphatic carboxylic acids is 2. The van der Waals surface area contributed by atoms with Gasteiger partial charge in [0.05, 0.1) is 17.6 Å². The van der Waals surface area contributed by atoms with E-state index in [1.54, 1.807) is 12.4 Å². The Morgan fingerprint density at radius 1 is 0.889 bits per heavy atom. The number of hydrogen-bond donors (Lipinski definition) is 3. The third kappa shape index (κ3) is 6.33. The molecular weight excluding hydrogens is 466 g/mol. The molecule has 2 aliphatic heterocycles. The third-order valence-electron chi connectivity index (χ3n) is 6.36. The number of nitrogens with one attached hydrogen (secondary N) is 1. The van der Waals surface area contributed by atoms with Crippen LogP contribution in [0.15, 0.2) is 42.7 Å². The van der Waals surface area contributed by atoms with Crippen molar-refractivity contribution in [1.82, 2.24) is 29.7 Å². The number of carbonyl (C=O) groups excluding carboxylic acids is 1. The van der Waals surface area contributed by atoms with Crippen LogP contribution >= 0.6 is 0 Å². The van der Waals surface area contributed by atoms with Crippen LogP contribution in [0.2, 0.25) is 0 Å². The van der Waals surface area contributed by atoms with Gasteiger partial charge in [-0.25, -0.2) is 24.5 Å². The number of amides is 1. The number of carboxylic acids is 2. The van der Waals surface area contributed by atoms with Gasteiger partial charge in [0.25, 0.3) is 0 Å². The first kappa shape index (κ1) is 25.0. The van der Waals surface area contributed by atoms with Gasteiger partial charge in [0.15, 0.2) is 0 Å². The molecule has 0 bridgehead atoms. The van der Waals surface area contributed by atoms with Gasteiger partial charge in [0.1, 0.15) is 5.82 Å². The SMILES string of the molecule is O=C(C1CCN(Cc2nc3ccccc3[nH]2)CC1)N1CCN(c2ncccn2)CC1.O=C(O)C(=O)O. The molecule has 1 aromatic carbocycles. The Bertz CT molecular complexity index is 1140. The fourth-order valence-corrected chi connectivity index (χ4v) is 4.47. The van der Waals surface area contributed by atoms with E-state index in [1.165, 1.54) is 0 Å². The first-order valence-electron chi connectivity index (χ1n) is 11.8. The number of anilines is 1. The van der Waals surface area contributed by atoms with Gasteiger partial charge in [-0.1, -0.05) is 12.1 Å². The molecule has 0 aliphatic carbocycles. The van der Waals surface area contributed by atoms with E-state index in [-0.39, 0.29) is 5.92 Å². The predicted molar refractivity (Wildman–Crippen MR) is 130 cm³/mol. The monoisotopic (exact) mass is 495 g/mol. The molecule has 0 spiro atoms. The maximum atomic E-state index is 13.0. The topological polar surface area (TPSA) is 156 Å². The zero-order valence-corrected chi connectivity index (χ0v) is 19.8. The summed E-state index contributed by atoms with van der Waals surface area (Å²) in [5.74, 6) is -1.45. The number of H-pyrrole nitrogens is 1. The Morgan fingerprint density at radius 2 is 1.53 bits per heavy atom. The molecule has 0 saturated carbocycles. The number of likely N-dealkylation sites (tertiary alicyclic amines) is 1. The smallest absolute Gasteiger partial charge is 0.414 e. The van der Waals surface area contributed by atoms with E-state index in [2.05, 4.69) is 35.8 Å². The zero-order valence-electron chi connectivity index (χ0n) is 19.8. The second-order valence-corrected chi connectivity index (χ2v) is 8.72. The summed E-state index contributed by atoms with van der Waals surface area (Å²) in [5.41, 5.74) is 2.09. The molecule has 2 aromatic heterocycles. The van der Waals surface area contributed by atoms with Crippen molar-refractivity contribution in [3.8, 4) is 0 Å². The summed E-state index contributed by atoms with van der Waals surface area (Å²) in [6, 6.07) is 9.94. The molecule has 3 aromatic rings. The maximum absolute atomic E-state index is 13.0. The fourth-order valence-electron chi connectivity index (χ4n) is 4.47. The van der Waals surface area contributed by atoms with Crippen LogP contribution in [0, 0.1) is 5.92 Å². The molecular formula is C24H29N7O5. The van der Waals surface area contributed by atoms with Gasteiger partial charge in [-0.3, -0.25) is 9.69 Å². The average Bonchev–Trinajstić information content (AvgIpc) is 3.32. The van der Waals surface area contributed by atoms with E-state index in [1.807, 2.05) is 29.2 Å². The lowest BCUT2D eigenvalue weighted by molar-refractivity contribution is -0.159. The fraction of sp³-hybridized carbons (Fsp3) is 0.417. The van der Waals surface area contributed by atoms with Crippen LogP contribution in [0.5, 0.6) is 0 Å². The number of rotatable bonds is 4. The lowest BCUT2D eigenvalue weighted by Gasteiger charge is -2.38. The highest BCUT2D eigenvalue weighted by molar-refractivity contribution is 6.27. The molecule has 12 heteroatoms. The zero-order chi connectivity index (χ0) is 25.5. The van der Waals surface area contributed by atoms with E-state index < -0.39 is 11.9 Å². The minimum atomic E-state index is -1.82. The van der Waals surface area contributed by atoms with E-state index >= 15 is 0 Å². The summed E-state index contributed by atoms with van der Waals surface area (Å²) in [5, 5.41) is 14.8. The molecule has 2 saturated heterocycles. The van der Waals surface area contributed by atoms with E-state index in [0.717, 1.165) is 81.5 Å². The molecule has 3 N–H and O–H groups in total. The summed E-state index contributed by atoms with van der Waals surface area (Å²) >= 11 is 0. The van der Waals surface area contributed by atoms with Crippen molar-refractivity contribution in [1.29, 1.82) is 0 Å². The van der Waals surface area contributed by atoms with Gasteiger partial charge < -0.3 is 25.0 Å². The number of hydrogen-bond acceptors (Lipinski definition) is 8. The molecule has 190 valence electrons. The van der Waals surface area contributed by atoms with Gasteiger partial charge in [-0.15, -0.1) is 0 Å². The van der Waals surface area contributed by atoms with Crippen LogP contribution < -0.4 is 4.90 Å². The molecule has 0 radical (unpaired) electrons. The van der Waals surface area contributed by atoms with Crippen LogP contribution in [-0.4, -0.2) is 97.1 Å². The molecule has 1 amide bonds. The maximum Gasteiger partial charge on any atom is 0.414 e. The predicted octanol–water partition coefficient (Wildman–Crippen LogP) is 1.07. The first-order valence-corrected chi connectivity index (χ1v) is 11.8. The number of benzene rings is 1. The number of para-hydroxylation sites is 2. The number of piperidine rings is 1. The van der Waals surface area contributed by atoms with E-state index in [4.69, 9.17) is 19.8 Å². The normalized spacial score (nSPS) is 16.9. The van der Waals surface area contributed by atoms with Crippen molar-refractivity contribution >= 4 is 34.8 Å². The van der Waals surface area contributed by atoms with Gasteiger partial charge in [-0.05, 0) is 44.1 Å². The number of nitrogens with zero attached hydrogens (tertiary/aromatic N) is 6. The summed E-state index contributed by atoms with van der Waals surface area (Å²) in [7, 11) is 0. The number of imidazole rings is 1. The quantitative estimate of drug-likeness (QED) is 0.447. The molecule has 0 atom stereocenters. The standard InChI is InChI=1S/C22H27N7O.C2H2O4/c30-21(28-12-14-29(15-13-28)22-23-8-3-9-24-22)17-6-10-27(11-7-17)16-20-25-18-4-1-2-5-19(18)26-20;3-1(4)2(5)6/h1-5,8-9,17H,6-7,10-16H2,(H,25,26);(H,3,4)(H,5,6). The molecule has 2 aliphatic rings. The Kier molecular flexibility index (Phi) is 8.06. The number of aromatic amines is 1. The van der Waals surface area contributed by atoms with Crippen molar-refractivity contribution in [2.75, 3.05) is 44.2 Å². The van der Waals surface area contributed by atoms with Crippen LogP contribution in [0.4, 0.5) is 5.95 Å². The Hall–Kier alpha value is -4.06. The summed E-state index contributed by atoms with van der Waals surface area (Å²) in [4.78, 5) is 54.5. The summed E-state index contributed by atoms with van der Waals surface area (Å²) in [6.07, 6.45) is 5.36. The van der Waals surface area contributed by atoms with Gasteiger partial charge in [0, 0.05) is 44.5 Å². The molecule has 5 rings (SSSR count). The van der Waals surface area contributed by atoms with Crippen molar-refractivity contribution < 1.29 is 24.6 Å². The first-order chi connectivity index (χ1) is 17.4. The van der Waals surface area contributed by atoms with Crippen molar-refractivity contribution in [3.63, 3.8) is 0 Å². The number of aromatic nitrogens is 4. The van der Waals surface area contributed by atoms with Crippen molar-refractivity contribution in [2.45, 2.75) is 19.4 Å². The average molecular weight is 496 g/mol. The van der Waals surface area contributed by atoms with E-state index in [9.17, 15) is 4.79 Å². The van der Waals surface area contributed by atoms with Gasteiger partial charge in [-0.2, -0.15) is 0 Å². The summed E-state index contributed by atoms with van der Waals surface area (Å²) in [6.45, 7) is 5.76. The third-order valence-corrected chi connectivity index (χ3v) is 6.36. The highest BCUT2D eigenvalue weighted by Gasteiger charge is 2.31. The molecule has 0 unspecified atom stereocenters. The number of carbonyl (C=O) groups is 3. The minimum absolute atomic E-state index is 0.136. The number of fused-ring (bicyclic) bond motifs is 1. The summed E-state index contributed by atoms with van der Waals surface area (Å²) < 4.78 is 0. The van der Waals surface area contributed by atoms with Gasteiger partial charge in [0.2, 0.25) is 11.9 Å². The molecule has 12 nitrogen and oxygen atoms in total. The largest absolute Gasteiger partial charge is 0.473 e. The number of carboxylic acid groups (broad SMARTS) is 2. The highest BCUT2D eigenvalue weighted by atomic mass is 16.4. The second-order valence-electron chi connectivity index (χ2n) is 8.72. The van der Waals surface area contributed by atoms with E-state index in [0.29, 0.717) is 5.91 Å². The lowest BCUT2D eigenvalue weighted by atomic mass is 9.95. The van der Waals surface area contributed by atoms with Crippen molar-refractivity contribution in [3.05, 3.63) is 48.5 Å². The second kappa shape index (κ2) is 11.6. The number of piperazine rings is 1. The molecule has 2 fully saturated rings. The Balaban J connectivity index is 0.000000455. The van der Waals surface area contributed by atoms with Crippen LogP contribution in [0.25, 0.3) is 11.0 Å². The van der Waals surface area contributed by atoms with Crippen LogP contribution in [0.3, 0.4) is 0 Å². The Morgan fingerprint density at radius 3 is 2.14 bits per heavy atom. The van der Waals surface area contributed by atoms with Crippen molar-refractivity contribution in [2.24, 2.45) is 5.92 Å². The minimum Gasteiger partial charge on any atom is -0.473 e. The van der Waals surface area contributed by atoms with Crippen LogP contribution in [0.1, 0.15) is 18.7 Å². The Labute approximate surface area is 207 Å². The van der Waals surface area contributed by atoms with Gasteiger partial charge >= 0.3 is 11.9 Å². The highest BCUT2D eigenvalue weighted by Crippen LogP contribution is 2.22. The molecule has 36 heavy (non-hydrogen) atoms. The molecule has 4 heterocycles. The van der Waals surface area contributed by atoms with Crippen LogP contribution in [-0.2, 0) is 20.9 Å².